The molecule has 1 N–H and O–H groups in total. The van der Waals surface area contributed by atoms with E-state index >= 15 is 0 Å². The van der Waals surface area contributed by atoms with Gasteiger partial charge in [0.25, 0.3) is 5.91 Å². The van der Waals surface area contributed by atoms with E-state index < -0.39 is 12.0 Å². The van der Waals surface area contributed by atoms with Gasteiger partial charge >= 0.3 is 5.97 Å². The van der Waals surface area contributed by atoms with Crippen molar-refractivity contribution >= 4 is 46.3 Å². The summed E-state index contributed by atoms with van der Waals surface area (Å²) in [5, 5.41) is 9.51. The van der Waals surface area contributed by atoms with Gasteiger partial charge in [-0.1, -0.05) is 82.4 Å². The van der Waals surface area contributed by atoms with Gasteiger partial charge in [0, 0.05) is 0 Å². The normalized spacial score (nSPS) is 16.0. The number of carboxylic acid groups (broad SMARTS) is 1. The molecule has 1 aromatic rings. The number of nitrogens with zero attached hydrogens (tertiary/aromatic N) is 1. The highest BCUT2D eigenvalue weighted by atomic mass is 32.2. The number of hydrogen-bond donors (Lipinski definition) is 1. The largest absolute Gasteiger partial charge is 0.493 e. The number of carbonyl (C=O) groups is 2. The molecule has 1 atom stereocenters. The number of thiocarbonyl (C=S) groups is 1. The van der Waals surface area contributed by atoms with E-state index in [9.17, 15) is 14.7 Å². The molecule has 0 radical (unpaired) electrons. The lowest BCUT2D eigenvalue weighted by Gasteiger charge is -2.22. The van der Waals surface area contributed by atoms with Crippen molar-refractivity contribution in [2.24, 2.45) is 0 Å². The van der Waals surface area contributed by atoms with Gasteiger partial charge in [-0.15, -0.1) is 0 Å². The molecule has 1 fully saturated rings. The molecule has 0 spiro atoms. The molecule has 32 heavy (non-hydrogen) atoms. The lowest BCUT2D eigenvalue weighted by molar-refractivity contribution is -0.145. The molecule has 1 aromatic carbocycles. The zero-order chi connectivity index (χ0) is 23.5. The van der Waals surface area contributed by atoms with Gasteiger partial charge in [-0.05, 0) is 36.6 Å². The maximum atomic E-state index is 12.9. The molecule has 6 nitrogen and oxygen atoms in total. The number of ether oxygens (including phenoxy) is 2. The number of rotatable bonds is 14. The molecule has 1 saturated heterocycles. The third-order valence-corrected chi connectivity index (χ3v) is 6.55. The molecule has 176 valence electrons. The van der Waals surface area contributed by atoms with Crippen LogP contribution in [0.2, 0.25) is 0 Å². The van der Waals surface area contributed by atoms with Gasteiger partial charge in [-0.2, -0.15) is 0 Å². The third kappa shape index (κ3) is 7.24. The fourth-order valence-electron chi connectivity index (χ4n) is 3.49. The molecule has 0 bridgehead atoms. The molecule has 0 aliphatic carbocycles. The zero-order valence-corrected chi connectivity index (χ0v) is 20.7. The summed E-state index contributed by atoms with van der Waals surface area (Å²) in [6.45, 7) is 4.72. The van der Waals surface area contributed by atoms with Crippen LogP contribution in [0.25, 0.3) is 6.08 Å². The summed E-state index contributed by atoms with van der Waals surface area (Å²) in [5.74, 6) is -0.157. The van der Waals surface area contributed by atoms with Crippen molar-refractivity contribution < 1.29 is 24.2 Å². The smallest absolute Gasteiger partial charge is 0.326 e. The molecule has 1 aliphatic heterocycles. The van der Waals surface area contributed by atoms with Crippen LogP contribution in [0.4, 0.5) is 0 Å². The lowest BCUT2D eigenvalue weighted by atomic mass is 10.1. The summed E-state index contributed by atoms with van der Waals surface area (Å²) < 4.78 is 11.6. The average Bonchev–Trinajstić information content (AvgIpc) is 3.04. The van der Waals surface area contributed by atoms with Crippen molar-refractivity contribution in [1.82, 2.24) is 4.90 Å². The van der Waals surface area contributed by atoms with Crippen molar-refractivity contribution in [2.45, 2.75) is 71.3 Å². The number of benzene rings is 1. The standard InChI is InChI=1S/C24H33NO5S2/c1-4-6-7-8-9-10-14-30-19-13-12-17(15-20(19)29-3)16-21-22(26)25(24(31)32-21)18(11-5-2)23(27)28/h12-13,15-16,18H,4-11,14H2,1-3H3,(H,27,28)/b21-16-/t18-/m1/s1. The van der Waals surface area contributed by atoms with Crippen LogP contribution in [0.15, 0.2) is 23.1 Å². The minimum atomic E-state index is -1.04. The first-order chi connectivity index (χ1) is 15.4. The van der Waals surface area contributed by atoms with Gasteiger partial charge in [0.15, 0.2) is 11.5 Å². The summed E-state index contributed by atoms with van der Waals surface area (Å²) in [6.07, 6.45) is 9.88. The number of hydrogen-bond acceptors (Lipinski definition) is 6. The molecule has 0 saturated carbocycles. The molecule has 1 heterocycles. The Hall–Kier alpha value is -2.06. The maximum Gasteiger partial charge on any atom is 0.326 e. The Labute approximate surface area is 200 Å². The SMILES string of the molecule is CCCCCCCCOc1ccc(/C=C2\SC(=S)N([C@H](CCC)C(=O)O)C2=O)cc1OC. The second kappa shape index (κ2) is 13.5. The molecular weight excluding hydrogens is 446 g/mol. The quantitative estimate of drug-likeness (QED) is 0.203. The number of carbonyl (C=O) groups excluding carboxylic acids is 1. The van der Waals surface area contributed by atoms with Crippen LogP contribution in [0.3, 0.4) is 0 Å². The van der Waals surface area contributed by atoms with E-state index in [0.717, 1.165) is 30.2 Å². The van der Waals surface area contributed by atoms with Gasteiger partial charge in [-0.3, -0.25) is 9.69 Å². The first kappa shape index (κ1) is 26.2. The minimum absolute atomic E-state index is 0.271. The number of methoxy groups -OCH3 is 1. The summed E-state index contributed by atoms with van der Waals surface area (Å²) in [4.78, 5) is 26.1. The van der Waals surface area contributed by atoms with E-state index in [1.165, 1.54) is 30.6 Å². The maximum absolute atomic E-state index is 12.9. The summed E-state index contributed by atoms with van der Waals surface area (Å²) in [7, 11) is 1.58. The molecule has 8 heteroatoms. The fourth-order valence-corrected chi connectivity index (χ4v) is 4.85. The second-order valence-corrected chi connectivity index (χ2v) is 9.40. The highest BCUT2D eigenvalue weighted by Gasteiger charge is 2.39. The van der Waals surface area contributed by atoms with Crippen molar-refractivity contribution in [3.63, 3.8) is 0 Å². The Morgan fingerprint density at radius 3 is 2.53 bits per heavy atom. The van der Waals surface area contributed by atoms with Crippen molar-refractivity contribution in [3.05, 3.63) is 28.7 Å². The molecule has 1 aliphatic rings. The predicted octanol–water partition coefficient (Wildman–Crippen LogP) is 5.89. The molecular formula is C24H33NO5S2. The van der Waals surface area contributed by atoms with Crippen LogP contribution in [0, 0.1) is 0 Å². The summed E-state index contributed by atoms with van der Waals surface area (Å²) >= 11 is 6.43. The number of aliphatic carboxylic acids is 1. The molecule has 2 rings (SSSR count). The van der Waals surface area contributed by atoms with E-state index in [1.54, 1.807) is 13.2 Å². The van der Waals surface area contributed by atoms with Gasteiger partial charge < -0.3 is 14.6 Å². The number of carboxylic acids is 1. The van der Waals surface area contributed by atoms with Gasteiger partial charge in [-0.25, -0.2) is 4.79 Å². The summed E-state index contributed by atoms with van der Waals surface area (Å²) in [6, 6.07) is 4.56. The van der Waals surface area contributed by atoms with E-state index in [1.807, 2.05) is 25.1 Å². The Morgan fingerprint density at radius 1 is 1.16 bits per heavy atom. The minimum Gasteiger partial charge on any atom is -0.493 e. The first-order valence-corrected chi connectivity index (χ1v) is 12.5. The Morgan fingerprint density at radius 2 is 1.88 bits per heavy atom. The van der Waals surface area contributed by atoms with Crippen LogP contribution in [0.1, 0.15) is 70.8 Å². The van der Waals surface area contributed by atoms with Crippen molar-refractivity contribution in [3.8, 4) is 11.5 Å². The topological polar surface area (TPSA) is 76.1 Å². The fraction of sp³-hybridized carbons (Fsp3) is 0.542. The Balaban J connectivity index is 2.05. The number of unbranched alkanes of at least 4 members (excludes halogenated alkanes) is 5. The number of thioether (sulfide) groups is 1. The van der Waals surface area contributed by atoms with Gasteiger partial charge in [0.05, 0.1) is 18.6 Å². The van der Waals surface area contributed by atoms with E-state index in [4.69, 9.17) is 21.7 Å². The highest BCUT2D eigenvalue weighted by Crippen LogP contribution is 2.36. The summed E-state index contributed by atoms with van der Waals surface area (Å²) in [5.41, 5.74) is 0.761. The highest BCUT2D eigenvalue weighted by molar-refractivity contribution is 8.26. The third-order valence-electron chi connectivity index (χ3n) is 5.22. The van der Waals surface area contributed by atoms with Crippen LogP contribution in [0.5, 0.6) is 11.5 Å². The molecule has 1 amide bonds. The number of amides is 1. The van der Waals surface area contributed by atoms with E-state index in [-0.39, 0.29) is 10.2 Å². The van der Waals surface area contributed by atoms with Crippen molar-refractivity contribution in [1.29, 1.82) is 0 Å². The van der Waals surface area contributed by atoms with Crippen LogP contribution < -0.4 is 9.47 Å². The molecule has 0 unspecified atom stereocenters. The Kier molecular flexibility index (Phi) is 11.0. The van der Waals surface area contributed by atoms with Crippen LogP contribution >= 0.6 is 24.0 Å². The van der Waals surface area contributed by atoms with E-state index in [2.05, 4.69) is 6.92 Å². The second-order valence-electron chi connectivity index (χ2n) is 7.72. The van der Waals surface area contributed by atoms with Gasteiger partial charge in [0.2, 0.25) is 0 Å². The van der Waals surface area contributed by atoms with Gasteiger partial charge in [0.1, 0.15) is 10.4 Å². The zero-order valence-electron chi connectivity index (χ0n) is 19.1. The molecule has 0 aromatic heterocycles. The van der Waals surface area contributed by atoms with Crippen LogP contribution in [-0.4, -0.2) is 46.0 Å². The van der Waals surface area contributed by atoms with Crippen LogP contribution in [-0.2, 0) is 9.59 Å². The average molecular weight is 480 g/mol. The first-order valence-electron chi connectivity index (χ1n) is 11.2. The van der Waals surface area contributed by atoms with Crippen molar-refractivity contribution in [2.75, 3.05) is 13.7 Å². The predicted molar refractivity (Wildman–Crippen MR) is 133 cm³/mol. The monoisotopic (exact) mass is 479 g/mol. The van der Waals surface area contributed by atoms with E-state index in [0.29, 0.717) is 35.9 Å². The lowest BCUT2D eigenvalue weighted by Crippen LogP contribution is -2.43. The Bertz CT molecular complexity index is 840.